The van der Waals surface area contributed by atoms with Crippen molar-refractivity contribution >= 4 is 6.16 Å². The van der Waals surface area contributed by atoms with Gasteiger partial charge in [0.1, 0.15) is 13.2 Å². The number of hydrogen-bond acceptors (Lipinski definition) is 7. The van der Waals surface area contributed by atoms with Gasteiger partial charge in [-0.2, -0.15) is 0 Å². The Morgan fingerprint density at radius 1 is 1.08 bits per heavy atom. The second-order valence-corrected chi connectivity index (χ2v) is 2.08. The molecule has 0 N–H and O–H groups in total. The second-order valence-electron chi connectivity index (χ2n) is 1.32. The van der Waals surface area contributed by atoms with E-state index in [0.29, 0.717) is 13.2 Å². The summed E-state index contributed by atoms with van der Waals surface area (Å²) in [6.45, 7) is 0.831. The van der Waals surface area contributed by atoms with Gasteiger partial charge in [0.05, 0.1) is 0 Å². The summed E-state index contributed by atoms with van der Waals surface area (Å²) in [6.07, 6.45) is -0.546. The van der Waals surface area contributed by atoms with Crippen molar-refractivity contribution in [3.05, 3.63) is 0 Å². The van der Waals surface area contributed by atoms with Crippen LogP contribution in [0.3, 0.4) is 0 Å². The van der Waals surface area contributed by atoms with Gasteiger partial charge in [0.15, 0.2) is 0 Å². The number of cyclic esters (lactones) is 2. The summed E-state index contributed by atoms with van der Waals surface area (Å²) in [4.78, 5) is 9.80. The van der Waals surface area contributed by atoms with Gasteiger partial charge in [-0.25, -0.2) is 23.4 Å². The van der Waals surface area contributed by atoms with Crippen LogP contribution in [0.1, 0.15) is 0 Å². The molecular weight excluding hydrogens is 190 g/mol. The third-order valence-electron chi connectivity index (χ3n) is 0.523. The van der Waals surface area contributed by atoms with Gasteiger partial charge in [-0.3, -0.25) is 0 Å². The Morgan fingerprint density at radius 3 is 1.42 bits per heavy atom. The Balaban J connectivity index is 0. The van der Waals surface area contributed by atoms with Crippen LogP contribution in [0.15, 0.2) is 0 Å². The second kappa shape index (κ2) is 6.51. The van der Waals surface area contributed by atoms with E-state index in [0.717, 1.165) is 0 Å². The first-order valence-corrected chi connectivity index (χ1v) is 3.54. The van der Waals surface area contributed by atoms with E-state index < -0.39 is 16.4 Å². The van der Waals surface area contributed by atoms with Crippen LogP contribution < -0.4 is 37.5 Å². The summed E-state index contributed by atoms with van der Waals surface area (Å²) < 4.78 is 42.6. The molecule has 0 aromatic rings. The molecule has 0 atom stereocenters. The van der Waals surface area contributed by atoms with Gasteiger partial charge in [-0.15, -0.1) is 10.2 Å². The Hall–Kier alpha value is -0.00260. The van der Waals surface area contributed by atoms with Gasteiger partial charge in [-0.05, 0) is 0 Å². The van der Waals surface area contributed by atoms with Crippen LogP contribution in [0, 0.1) is 10.2 Å². The molecule has 66 valence electrons. The summed E-state index contributed by atoms with van der Waals surface area (Å²) in [5.74, 6) is 0. The molecule has 0 aliphatic carbocycles. The van der Waals surface area contributed by atoms with Gasteiger partial charge in [-0.1, -0.05) is 0 Å². The van der Waals surface area contributed by atoms with Crippen LogP contribution in [-0.2, 0) is 9.47 Å². The summed E-state index contributed by atoms with van der Waals surface area (Å²) >= 11 is 0. The minimum Gasteiger partial charge on any atom is -0.431 e. The topological polar surface area (TPSA) is 128 Å². The number of halogens is 1. The quantitative estimate of drug-likeness (QED) is 0.277. The number of ether oxygens (including phenoxy) is 2. The van der Waals surface area contributed by atoms with Crippen LogP contribution >= 0.6 is 0 Å². The molecule has 1 heterocycles. The zero-order valence-electron chi connectivity index (χ0n) is 6.15. The van der Waals surface area contributed by atoms with Crippen molar-refractivity contribution in [1.29, 1.82) is 0 Å². The standard InChI is InChI=1S/C3H4O3.ClHO4.Li/c4-3-5-1-2-6-3;2-1(3,4)5;/h1-2H2;(H,2,3,4,5);/q;;+1/p-1. The van der Waals surface area contributed by atoms with Crippen LogP contribution in [-0.4, -0.2) is 19.4 Å². The first-order valence-electron chi connectivity index (χ1n) is 2.31. The minimum atomic E-state index is -4.94. The monoisotopic (exact) mass is 194 g/mol. The van der Waals surface area contributed by atoms with E-state index in [9.17, 15) is 4.79 Å². The molecule has 0 spiro atoms. The zero-order chi connectivity index (χ0) is 8.91. The van der Waals surface area contributed by atoms with Crippen LogP contribution in [0.4, 0.5) is 4.79 Å². The molecule has 0 amide bonds. The van der Waals surface area contributed by atoms with Gasteiger partial charge in [0.2, 0.25) is 0 Å². The molecule has 0 unspecified atom stereocenters. The molecule has 1 fully saturated rings. The van der Waals surface area contributed by atoms with E-state index in [-0.39, 0.29) is 18.9 Å². The van der Waals surface area contributed by atoms with E-state index in [2.05, 4.69) is 9.47 Å². The molecule has 0 saturated carbocycles. The summed E-state index contributed by atoms with van der Waals surface area (Å²) in [5, 5.41) is 0. The number of hydrogen-bond donors (Lipinski definition) is 0. The van der Waals surface area contributed by atoms with E-state index in [4.69, 9.17) is 18.6 Å². The maximum Gasteiger partial charge on any atom is 1.00 e. The van der Waals surface area contributed by atoms with Gasteiger partial charge < -0.3 is 9.47 Å². The number of carbonyl (C=O) groups excluding carboxylic acids is 1. The summed E-state index contributed by atoms with van der Waals surface area (Å²) in [7, 11) is -4.94. The molecule has 7 nitrogen and oxygen atoms in total. The van der Waals surface area contributed by atoms with Gasteiger partial charge in [0, 0.05) is 0 Å². The predicted octanol–water partition coefficient (Wildman–Crippen LogP) is -7.60. The Bertz CT molecular complexity index is 119. The molecule has 12 heavy (non-hydrogen) atoms. The maximum absolute atomic E-state index is 9.80. The number of carbonyl (C=O) groups is 1. The molecular formula is C3H4ClLiO7. The fraction of sp³-hybridized carbons (Fsp3) is 0.667. The Labute approximate surface area is 81.8 Å². The zero-order valence-corrected chi connectivity index (χ0v) is 6.91. The molecule has 0 aromatic heterocycles. The summed E-state index contributed by atoms with van der Waals surface area (Å²) in [5.41, 5.74) is 0. The molecule has 0 radical (unpaired) electrons. The van der Waals surface area contributed by atoms with E-state index in [1.165, 1.54) is 0 Å². The Kier molecular flexibility index (Phi) is 7.87. The maximum atomic E-state index is 9.80. The molecule has 0 bridgehead atoms. The van der Waals surface area contributed by atoms with Gasteiger partial charge >= 0.3 is 25.0 Å². The van der Waals surface area contributed by atoms with Crippen molar-refractivity contribution in [2.75, 3.05) is 13.2 Å². The van der Waals surface area contributed by atoms with E-state index >= 15 is 0 Å². The SMILES string of the molecule is O=C1OCCO1.[Li+].[O-][Cl+3]([O-])([O-])[O-]. The van der Waals surface area contributed by atoms with Crippen LogP contribution in [0.5, 0.6) is 0 Å². The average Bonchev–Trinajstić information content (AvgIpc) is 2.12. The van der Waals surface area contributed by atoms with Crippen LogP contribution in [0.2, 0.25) is 0 Å². The largest absolute Gasteiger partial charge is 1.00 e. The van der Waals surface area contributed by atoms with Gasteiger partial charge in [0.25, 0.3) is 0 Å². The minimum absolute atomic E-state index is 0. The first-order chi connectivity index (χ1) is 4.89. The smallest absolute Gasteiger partial charge is 0.431 e. The molecule has 1 aliphatic rings. The van der Waals surface area contributed by atoms with Crippen molar-refractivity contribution in [1.82, 2.24) is 0 Å². The third kappa shape index (κ3) is 16.5. The Morgan fingerprint density at radius 2 is 1.33 bits per heavy atom. The number of rotatable bonds is 0. The fourth-order valence-corrected chi connectivity index (χ4v) is 0.292. The fourth-order valence-electron chi connectivity index (χ4n) is 0.292. The predicted molar refractivity (Wildman–Crippen MR) is 17.3 cm³/mol. The average molecular weight is 194 g/mol. The molecule has 1 saturated heterocycles. The van der Waals surface area contributed by atoms with E-state index in [1.54, 1.807) is 0 Å². The van der Waals surface area contributed by atoms with Crippen molar-refractivity contribution in [3.63, 3.8) is 0 Å². The molecule has 0 aromatic carbocycles. The van der Waals surface area contributed by atoms with Crippen LogP contribution in [0.25, 0.3) is 0 Å². The molecule has 1 rings (SSSR count). The first kappa shape index (κ1) is 14.5. The molecule has 9 heteroatoms. The summed E-state index contributed by atoms with van der Waals surface area (Å²) in [6, 6.07) is 0. The molecule has 1 aliphatic heterocycles. The van der Waals surface area contributed by atoms with Crippen molar-refractivity contribution < 1.29 is 62.0 Å². The van der Waals surface area contributed by atoms with Crippen molar-refractivity contribution in [2.45, 2.75) is 0 Å². The van der Waals surface area contributed by atoms with Crippen molar-refractivity contribution in [3.8, 4) is 0 Å². The van der Waals surface area contributed by atoms with E-state index in [1.807, 2.05) is 0 Å². The third-order valence-corrected chi connectivity index (χ3v) is 0.523. The normalized spacial score (nSPS) is 14.8. The van der Waals surface area contributed by atoms with Crippen molar-refractivity contribution in [2.24, 2.45) is 0 Å².